The Morgan fingerprint density at radius 2 is 2.11 bits per heavy atom. The first-order valence-electron chi connectivity index (χ1n) is 6.81. The first kappa shape index (κ1) is 14.2. The van der Waals surface area contributed by atoms with Gasteiger partial charge in [0, 0.05) is 31.9 Å². The van der Waals surface area contributed by atoms with Crippen LogP contribution in [0, 0.1) is 5.92 Å². The van der Waals surface area contributed by atoms with Crippen LogP contribution in [0.15, 0.2) is 18.2 Å². The predicted molar refractivity (Wildman–Crippen MR) is 74.5 cm³/mol. The number of hydrogen-bond acceptors (Lipinski definition) is 4. The zero-order valence-corrected chi connectivity index (χ0v) is 11.8. The van der Waals surface area contributed by atoms with Crippen molar-refractivity contribution in [3.8, 4) is 11.5 Å². The van der Waals surface area contributed by atoms with Gasteiger partial charge in [0.1, 0.15) is 11.5 Å². The minimum atomic E-state index is 0.333. The minimum Gasteiger partial charge on any atom is -0.508 e. The van der Waals surface area contributed by atoms with Crippen LogP contribution in [0.2, 0.25) is 0 Å². The Kier molecular flexibility index (Phi) is 5.05. The standard InChI is InChI=1S/C15H23NO3/c1-16(10-12-5-7-19-8-6-12)11-13-9-14(18-2)3-4-15(13)17/h3-4,9,12,17H,5-8,10-11H2,1-2H3. The molecule has 1 saturated heterocycles. The van der Waals surface area contributed by atoms with E-state index in [1.807, 2.05) is 6.07 Å². The van der Waals surface area contributed by atoms with E-state index in [2.05, 4.69) is 11.9 Å². The van der Waals surface area contributed by atoms with Crippen LogP contribution in [-0.2, 0) is 11.3 Å². The third-order valence-electron chi connectivity index (χ3n) is 3.64. The molecule has 106 valence electrons. The van der Waals surface area contributed by atoms with Crippen molar-refractivity contribution in [2.45, 2.75) is 19.4 Å². The largest absolute Gasteiger partial charge is 0.508 e. The van der Waals surface area contributed by atoms with Crippen LogP contribution in [0.3, 0.4) is 0 Å². The highest BCUT2D eigenvalue weighted by molar-refractivity contribution is 5.39. The molecule has 1 fully saturated rings. The van der Waals surface area contributed by atoms with E-state index in [0.29, 0.717) is 11.7 Å². The molecule has 4 heteroatoms. The van der Waals surface area contributed by atoms with Crippen LogP contribution in [0.4, 0.5) is 0 Å². The Balaban J connectivity index is 1.92. The molecule has 1 aromatic carbocycles. The van der Waals surface area contributed by atoms with Crippen molar-refractivity contribution in [1.82, 2.24) is 4.90 Å². The minimum absolute atomic E-state index is 0.333. The maximum atomic E-state index is 9.88. The molecule has 0 atom stereocenters. The topological polar surface area (TPSA) is 41.9 Å². The quantitative estimate of drug-likeness (QED) is 0.886. The molecular formula is C15H23NO3. The average Bonchev–Trinajstić information content (AvgIpc) is 2.42. The van der Waals surface area contributed by atoms with Gasteiger partial charge < -0.3 is 19.5 Å². The van der Waals surface area contributed by atoms with Crippen LogP contribution in [0.25, 0.3) is 0 Å². The molecule has 0 saturated carbocycles. The Labute approximate surface area is 114 Å². The van der Waals surface area contributed by atoms with Crippen molar-refractivity contribution in [2.24, 2.45) is 5.92 Å². The van der Waals surface area contributed by atoms with Crippen LogP contribution in [-0.4, -0.2) is 43.9 Å². The molecule has 1 aliphatic heterocycles. The van der Waals surface area contributed by atoms with Crippen molar-refractivity contribution in [3.05, 3.63) is 23.8 Å². The number of hydrogen-bond donors (Lipinski definition) is 1. The zero-order chi connectivity index (χ0) is 13.7. The fraction of sp³-hybridized carbons (Fsp3) is 0.600. The van der Waals surface area contributed by atoms with Gasteiger partial charge in [-0.2, -0.15) is 0 Å². The first-order valence-corrected chi connectivity index (χ1v) is 6.81. The molecule has 1 N–H and O–H groups in total. The summed E-state index contributed by atoms with van der Waals surface area (Å²) < 4.78 is 10.6. The van der Waals surface area contributed by atoms with Crippen LogP contribution < -0.4 is 4.74 Å². The van der Waals surface area contributed by atoms with E-state index < -0.39 is 0 Å². The van der Waals surface area contributed by atoms with Gasteiger partial charge in [0.2, 0.25) is 0 Å². The molecule has 1 aliphatic rings. The summed E-state index contributed by atoms with van der Waals surface area (Å²) in [4.78, 5) is 2.25. The lowest BCUT2D eigenvalue weighted by Crippen LogP contribution is -2.29. The number of aromatic hydroxyl groups is 1. The maximum Gasteiger partial charge on any atom is 0.120 e. The molecule has 1 aromatic rings. The lowest BCUT2D eigenvalue weighted by atomic mass is 9.99. The van der Waals surface area contributed by atoms with Gasteiger partial charge in [-0.25, -0.2) is 0 Å². The summed E-state index contributed by atoms with van der Waals surface area (Å²) in [5, 5.41) is 9.88. The fourth-order valence-electron chi connectivity index (χ4n) is 2.54. The van der Waals surface area contributed by atoms with Gasteiger partial charge in [-0.15, -0.1) is 0 Å². The molecule has 1 heterocycles. The molecule has 0 unspecified atom stereocenters. The predicted octanol–water partition coefficient (Wildman–Crippen LogP) is 2.26. The highest BCUT2D eigenvalue weighted by atomic mass is 16.5. The van der Waals surface area contributed by atoms with Crippen molar-refractivity contribution in [1.29, 1.82) is 0 Å². The molecule has 0 spiro atoms. The van der Waals surface area contributed by atoms with E-state index in [4.69, 9.17) is 9.47 Å². The van der Waals surface area contributed by atoms with E-state index in [1.165, 1.54) is 0 Å². The van der Waals surface area contributed by atoms with Crippen molar-refractivity contribution in [2.75, 3.05) is 33.9 Å². The van der Waals surface area contributed by atoms with Gasteiger partial charge >= 0.3 is 0 Å². The molecule has 4 nitrogen and oxygen atoms in total. The summed E-state index contributed by atoms with van der Waals surface area (Å²) in [6.45, 7) is 3.53. The van der Waals surface area contributed by atoms with Crippen LogP contribution in [0.1, 0.15) is 18.4 Å². The number of ether oxygens (including phenoxy) is 2. The summed E-state index contributed by atoms with van der Waals surface area (Å²) in [5.74, 6) is 1.82. The number of benzene rings is 1. The summed E-state index contributed by atoms with van der Waals surface area (Å²) in [5.41, 5.74) is 0.911. The Hall–Kier alpha value is -1.26. The molecule has 0 aromatic heterocycles. The van der Waals surface area contributed by atoms with E-state index in [9.17, 15) is 5.11 Å². The van der Waals surface area contributed by atoms with E-state index >= 15 is 0 Å². The lowest BCUT2D eigenvalue weighted by molar-refractivity contribution is 0.0549. The van der Waals surface area contributed by atoms with Crippen LogP contribution >= 0.6 is 0 Å². The second-order valence-corrected chi connectivity index (χ2v) is 5.25. The van der Waals surface area contributed by atoms with Crippen molar-refractivity contribution >= 4 is 0 Å². The molecule has 2 rings (SSSR count). The van der Waals surface area contributed by atoms with E-state index in [0.717, 1.165) is 50.5 Å². The number of rotatable bonds is 5. The van der Waals surface area contributed by atoms with Gasteiger partial charge in [0.15, 0.2) is 0 Å². The zero-order valence-electron chi connectivity index (χ0n) is 11.8. The lowest BCUT2D eigenvalue weighted by Gasteiger charge is -2.27. The average molecular weight is 265 g/mol. The number of phenolic OH excluding ortho intramolecular Hbond substituents is 1. The number of methoxy groups -OCH3 is 1. The highest BCUT2D eigenvalue weighted by Crippen LogP contribution is 2.24. The Morgan fingerprint density at radius 1 is 1.37 bits per heavy atom. The van der Waals surface area contributed by atoms with Gasteiger partial charge in [0.05, 0.1) is 7.11 Å². The SMILES string of the molecule is COc1ccc(O)c(CN(C)CC2CCOCC2)c1. The molecule has 0 radical (unpaired) electrons. The Bertz CT molecular complexity index is 402. The van der Waals surface area contributed by atoms with E-state index in [1.54, 1.807) is 19.2 Å². The maximum absolute atomic E-state index is 9.88. The highest BCUT2D eigenvalue weighted by Gasteiger charge is 2.16. The van der Waals surface area contributed by atoms with Gasteiger partial charge in [-0.05, 0) is 44.0 Å². The second kappa shape index (κ2) is 6.78. The molecular weight excluding hydrogens is 242 g/mol. The Morgan fingerprint density at radius 3 is 2.79 bits per heavy atom. The first-order chi connectivity index (χ1) is 9.19. The van der Waals surface area contributed by atoms with Crippen molar-refractivity contribution in [3.63, 3.8) is 0 Å². The van der Waals surface area contributed by atoms with Crippen molar-refractivity contribution < 1.29 is 14.6 Å². The van der Waals surface area contributed by atoms with Gasteiger partial charge in [-0.1, -0.05) is 0 Å². The molecule has 19 heavy (non-hydrogen) atoms. The summed E-state index contributed by atoms with van der Waals surface area (Å²) in [7, 11) is 3.73. The van der Waals surface area contributed by atoms with E-state index in [-0.39, 0.29) is 0 Å². The third kappa shape index (κ3) is 4.11. The molecule has 0 aliphatic carbocycles. The molecule has 0 amide bonds. The monoisotopic (exact) mass is 265 g/mol. The normalized spacial score (nSPS) is 16.8. The second-order valence-electron chi connectivity index (χ2n) is 5.25. The van der Waals surface area contributed by atoms with Crippen LogP contribution in [0.5, 0.6) is 11.5 Å². The summed E-state index contributed by atoms with van der Waals surface area (Å²) >= 11 is 0. The molecule has 0 bridgehead atoms. The number of phenols is 1. The van der Waals surface area contributed by atoms with Gasteiger partial charge in [0.25, 0.3) is 0 Å². The van der Waals surface area contributed by atoms with Gasteiger partial charge in [-0.3, -0.25) is 0 Å². The summed E-state index contributed by atoms with van der Waals surface area (Å²) in [6.07, 6.45) is 2.27. The summed E-state index contributed by atoms with van der Waals surface area (Å²) in [6, 6.07) is 5.36. The smallest absolute Gasteiger partial charge is 0.120 e. The number of nitrogens with zero attached hydrogens (tertiary/aromatic N) is 1. The third-order valence-corrected chi connectivity index (χ3v) is 3.64. The fourth-order valence-corrected chi connectivity index (χ4v) is 2.54.